The first-order valence-electron chi connectivity index (χ1n) is 8.85. The largest absolute Gasteiger partial charge is 0.488 e. The van der Waals surface area contributed by atoms with Gasteiger partial charge < -0.3 is 19.3 Å². The molecule has 1 heterocycles. The predicted octanol–water partition coefficient (Wildman–Crippen LogP) is 5.03. The van der Waals surface area contributed by atoms with Crippen molar-refractivity contribution in [2.75, 3.05) is 5.32 Å². The number of aromatic nitrogens is 1. The number of nitrogens with one attached hydrogen (secondary N) is 1. The normalized spacial score (nSPS) is 10.8. The molecular weight excluding hydrogens is 382 g/mol. The monoisotopic (exact) mass is 402 g/mol. The molecule has 1 aromatic heterocycles. The maximum Gasteiger partial charge on any atom is 0.387 e. The average molecular weight is 402 g/mol. The second-order valence-electron chi connectivity index (χ2n) is 6.41. The molecule has 0 fully saturated rings. The molecule has 8 heteroatoms. The Morgan fingerprint density at radius 3 is 2.55 bits per heavy atom. The van der Waals surface area contributed by atoms with Crippen molar-refractivity contribution in [2.24, 2.45) is 0 Å². The number of rotatable bonds is 7. The van der Waals surface area contributed by atoms with Gasteiger partial charge in [-0.15, -0.1) is 0 Å². The molecule has 0 aliphatic rings. The van der Waals surface area contributed by atoms with Gasteiger partial charge in [-0.25, -0.2) is 0 Å². The van der Waals surface area contributed by atoms with Crippen molar-refractivity contribution in [1.82, 2.24) is 5.16 Å². The lowest BCUT2D eigenvalue weighted by Crippen LogP contribution is -2.15. The summed E-state index contributed by atoms with van der Waals surface area (Å²) in [6.45, 7) is 2.85. The summed E-state index contributed by atoms with van der Waals surface area (Å²) in [6, 6.07) is 11.3. The van der Waals surface area contributed by atoms with E-state index in [2.05, 4.69) is 15.2 Å². The van der Waals surface area contributed by atoms with Gasteiger partial charge in [-0.05, 0) is 62.2 Å². The van der Waals surface area contributed by atoms with Crippen molar-refractivity contribution in [3.8, 4) is 11.5 Å². The Hall–Kier alpha value is -3.42. The zero-order chi connectivity index (χ0) is 21.0. The van der Waals surface area contributed by atoms with Gasteiger partial charge in [0, 0.05) is 5.69 Å². The third kappa shape index (κ3) is 4.90. The second kappa shape index (κ2) is 8.72. The second-order valence-corrected chi connectivity index (χ2v) is 6.41. The van der Waals surface area contributed by atoms with Crippen LogP contribution in [0.25, 0.3) is 0 Å². The number of aryl methyl sites for hydroxylation is 2. The number of benzene rings is 2. The third-order valence-electron chi connectivity index (χ3n) is 4.46. The van der Waals surface area contributed by atoms with Crippen LogP contribution in [0, 0.1) is 20.8 Å². The minimum Gasteiger partial charge on any atom is -0.488 e. The molecule has 0 aliphatic heterocycles. The lowest BCUT2D eigenvalue weighted by atomic mass is 10.1. The molecule has 0 saturated carbocycles. The van der Waals surface area contributed by atoms with Gasteiger partial charge in [-0.3, -0.25) is 4.79 Å². The maximum atomic E-state index is 12.6. The number of hydrogen-bond acceptors (Lipinski definition) is 5. The molecule has 0 radical (unpaired) electrons. The van der Waals surface area contributed by atoms with E-state index in [0.717, 1.165) is 11.1 Å². The fraction of sp³-hybridized carbons (Fsp3) is 0.238. The van der Waals surface area contributed by atoms with Gasteiger partial charge in [0.25, 0.3) is 5.91 Å². The summed E-state index contributed by atoms with van der Waals surface area (Å²) in [5, 5.41) is 6.48. The van der Waals surface area contributed by atoms with Gasteiger partial charge in [0.2, 0.25) is 0 Å². The molecule has 6 nitrogen and oxygen atoms in total. The van der Waals surface area contributed by atoms with Crippen LogP contribution in [0.5, 0.6) is 11.5 Å². The Bertz CT molecular complexity index is 1000. The topological polar surface area (TPSA) is 73.6 Å². The molecule has 0 saturated heterocycles. The first-order chi connectivity index (χ1) is 13.8. The van der Waals surface area contributed by atoms with E-state index < -0.39 is 12.5 Å². The highest BCUT2D eigenvalue weighted by Gasteiger charge is 2.21. The Balaban J connectivity index is 1.71. The summed E-state index contributed by atoms with van der Waals surface area (Å²) in [5.74, 6) is 0.689. The molecule has 0 bridgehead atoms. The number of halogens is 2. The molecule has 0 unspecified atom stereocenters. The summed E-state index contributed by atoms with van der Waals surface area (Å²) in [4.78, 5) is 12.6. The number of carbonyl (C=O) groups excluding carboxylic acids is 1. The van der Waals surface area contributed by atoms with E-state index in [0.29, 0.717) is 22.8 Å². The highest BCUT2D eigenvalue weighted by Crippen LogP contribution is 2.24. The minimum absolute atomic E-state index is 0.00195. The number of alkyl halides is 2. The molecule has 1 amide bonds. The van der Waals surface area contributed by atoms with Crippen LogP contribution < -0.4 is 14.8 Å². The van der Waals surface area contributed by atoms with Gasteiger partial charge in [-0.1, -0.05) is 17.3 Å². The molecule has 3 aromatic rings. The lowest BCUT2D eigenvalue weighted by Gasteiger charge is -2.11. The van der Waals surface area contributed by atoms with Gasteiger partial charge in [0.1, 0.15) is 23.9 Å². The van der Waals surface area contributed by atoms with Crippen LogP contribution in [-0.4, -0.2) is 17.7 Å². The van der Waals surface area contributed by atoms with Crippen LogP contribution in [0.2, 0.25) is 0 Å². The lowest BCUT2D eigenvalue weighted by molar-refractivity contribution is -0.0498. The minimum atomic E-state index is -2.91. The predicted molar refractivity (Wildman–Crippen MR) is 103 cm³/mol. The smallest absolute Gasteiger partial charge is 0.387 e. The molecule has 152 valence electrons. The molecule has 0 aliphatic carbocycles. The highest BCUT2D eigenvalue weighted by atomic mass is 19.3. The first kappa shape index (κ1) is 20.3. The maximum absolute atomic E-state index is 12.6. The van der Waals surface area contributed by atoms with E-state index in [4.69, 9.17) is 9.26 Å². The van der Waals surface area contributed by atoms with E-state index in [1.807, 2.05) is 32.0 Å². The average Bonchev–Trinajstić information content (AvgIpc) is 3.05. The third-order valence-corrected chi connectivity index (χ3v) is 4.46. The van der Waals surface area contributed by atoms with Gasteiger partial charge in [0.05, 0.1) is 5.56 Å². The molecule has 3 rings (SSSR count). The number of amides is 1. The van der Waals surface area contributed by atoms with Gasteiger partial charge >= 0.3 is 6.61 Å². The molecule has 0 spiro atoms. The van der Waals surface area contributed by atoms with E-state index >= 15 is 0 Å². The van der Waals surface area contributed by atoms with Crippen molar-refractivity contribution in [3.05, 3.63) is 70.6 Å². The van der Waals surface area contributed by atoms with Crippen LogP contribution in [0.3, 0.4) is 0 Å². The Morgan fingerprint density at radius 2 is 1.86 bits per heavy atom. The number of hydrogen-bond donors (Lipinski definition) is 1. The quantitative estimate of drug-likeness (QED) is 0.600. The summed E-state index contributed by atoms with van der Waals surface area (Å²) >= 11 is 0. The first-order valence-corrected chi connectivity index (χ1v) is 8.85. The van der Waals surface area contributed by atoms with Crippen LogP contribution in [-0.2, 0) is 6.61 Å². The zero-order valence-electron chi connectivity index (χ0n) is 16.2. The van der Waals surface area contributed by atoms with Crippen molar-refractivity contribution in [2.45, 2.75) is 34.0 Å². The summed E-state index contributed by atoms with van der Waals surface area (Å²) < 4.78 is 39.8. The molecular formula is C21H20F2N2O4. The number of nitrogens with zero attached hydrogens (tertiary/aromatic N) is 1. The SMILES string of the molecule is Cc1cccc(OCc2c(C(=O)Nc3ccc(OC(F)F)cc3)noc2C)c1C. The number of carbonyl (C=O) groups is 1. The van der Waals surface area contributed by atoms with E-state index in [9.17, 15) is 13.6 Å². The molecule has 0 atom stereocenters. The Kier molecular flexibility index (Phi) is 6.11. The summed E-state index contributed by atoms with van der Waals surface area (Å²) in [6.07, 6.45) is 0. The van der Waals surface area contributed by atoms with E-state index in [-0.39, 0.29) is 18.1 Å². The van der Waals surface area contributed by atoms with Crippen LogP contribution in [0.15, 0.2) is 47.0 Å². The Labute approximate surface area is 166 Å². The molecule has 2 aromatic carbocycles. The van der Waals surface area contributed by atoms with Gasteiger partial charge in [0.15, 0.2) is 5.69 Å². The number of anilines is 1. The summed E-state index contributed by atoms with van der Waals surface area (Å²) in [5.41, 5.74) is 3.14. The van der Waals surface area contributed by atoms with Crippen LogP contribution in [0.1, 0.15) is 32.9 Å². The fourth-order valence-corrected chi connectivity index (χ4v) is 2.68. The highest BCUT2D eigenvalue weighted by molar-refractivity contribution is 6.03. The molecule has 29 heavy (non-hydrogen) atoms. The van der Waals surface area contributed by atoms with Gasteiger partial charge in [-0.2, -0.15) is 8.78 Å². The van der Waals surface area contributed by atoms with Crippen molar-refractivity contribution in [3.63, 3.8) is 0 Å². The van der Waals surface area contributed by atoms with E-state index in [1.165, 1.54) is 24.3 Å². The number of ether oxygens (including phenoxy) is 2. The Morgan fingerprint density at radius 1 is 1.14 bits per heavy atom. The van der Waals surface area contributed by atoms with E-state index in [1.54, 1.807) is 6.92 Å². The van der Waals surface area contributed by atoms with Crippen LogP contribution in [0.4, 0.5) is 14.5 Å². The fourth-order valence-electron chi connectivity index (χ4n) is 2.68. The molecule has 1 N–H and O–H groups in total. The van der Waals surface area contributed by atoms with Crippen molar-refractivity contribution < 1.29 is 27.6 Å². The standard InChI is InChI=1S/C21H20F2N2O4/c1-12-5-4-6-18(13(12)2)27-11-17-14(3)29-25-19(17)20(26)24-15-7-9-16(10-8-15)28-21(22)23/h4-10,21H,11H2,1-3H3,(H,24,26). The zero-order valence-corrected chi connectivity index (χ0v) is 16.2. The van der Waals surface area contributed by atoms with Crippen molar-refractivity contribution >= 4 is 11.6 Å². The summed E-state index contributed by atoms with van der Waals surface area (Å²) in [7, 11) is 0. The van der Waals surface area contributed by atoms with Crippen LogP contribution >= 0.6 is 0 Å². The van der Waals surface area contributed by atoms with Crippen molar-refractivity contribution in [1.29, 1.82) is 0 Å².